The van der Waals surface area contributed by atoms with Gasteiger partial charge in [-0.2, -0.15) is 9.37 Å². The van der Waals surface area contributed by atoms with Gasteiger partial charge in [0.2, 0.25) is 11.8 Å². The molecule has 74 valence electrons. The summed E-state index contributed by atoms with van der Waals surface area (Å²) in [4.78, 5) is 13.8. The minimum Gasteiger partial charge on any atom is -0.477 e. The largest absolute Gasteiger partial charge is 0.477 e. The Kier molecular flexibility index (Phi) is 2.43. The third-order valence-electron chi connectivity index (χ3n) is 2.14. The second-order valence-electron chi connectivity index (χ2n) is 3.40. The summed E-state index contributed by atoms with van der Waals surface area (Å²) in [6.07, 6.45) is 2.79. The van der Waals surface area contributed by atoms with E-state index in [1.54, 1.807) is 0 Å². The fraction of sp³-hybridized carbons (Fsp3) is 0.400. The van der Waals surface area contributed by atoms with Crippen LogP contribution in [0.1, 0.15) is 23.2 Å². The Morgan fingerprint density at radius 1 is 1.57 bits per heavy atom. The van der Waals surface area contributed by atoms with Crippen molar-refractivity contribution in [1.82, 2.24) is 4.98 Å². The molecule has 0 N–H and O–H groups in total. The van der Waals surface area contributed by atoms with E-state index in [0.717, 1.165) is 0 Å². The summed E-state index contributed by atoms with van der Waals surface area (Å²) in [7, 11) is 0. The predicted octanol–water partition coefficient (Wildman–Crippen LogP) is 1.82. The molecule has 0 unspecified atom stereocenters. The lowest BCUT2D eigenvalue weighted by Gasteiger charge is -2.03. The molecule has 14 heavy (non-hydrogen) atoms. The van der Waals surface area contributed by atoms with Crippen molar-refractivity contribution < 1.29 is 13.9 Å². The molecule has 1 aromatic rings. The van der Waals surface area contributed by atoms with E-state index in [1.807, 2.05) is 0 Å². The molecule has 0 radical (unpaired) electrons. The summed E-state index contributed by atoms with van der Waals surface area (Å²) < 4.78 is 18.2. The molecule has 1 saturated carbocycles. The lowest BCUT2D eigenvalue weighted by molar-refractivity contribution is 0.111. The summed E-state index contributed by atoms with van der Waals surface area (Å²) in [5, 5.41) is 0. The summed E-state index contributed by atoms with van der Waals surface area (Å²) in [5.74, 6) is 0.0823. The molecule has 1 fully saturated rings. The number of rotatable bonds is 4. The van der Waals surface area contributed by atoms with Crippen LogP contribution >= 0.6 is 0 Å². The Morgan fingerprint density at radius 2 is 2.36 bits per heavy atom. The SMILES string of the molecule is O=Cc1ccc(OCC2CC2)nc1F. The molecule has 1 aliphatic rings. The number of pyridine rings is 1. The van der Waals surface area contributed by atoms with Crippen LogP contribution in [0.15, 0.2) is 12.1 Å². The van der Waals surface area contributed by atoms with E-state index in [4.69, 9.17) is 4.74 Å². The van der Waals surface area contributed by atoms with Crippen LogP contribution < -0.4 is 4.74 Å². The van der Waals surface area contributed by atoms with Gasteiger partial charge in [-0.3, -0.25) is 4.79 Å². The highest BCUT2D eigenvalue weighted by Gasteiger charge is 2.22. The number of ether oxygens (including phenoxy) is 1. The Labute approximate surface area is 80.9 Å². The Balaban J connectivity index is 2.02. The third-order valence-corrected chi connectivity index (χ3v) is 2.14. The van der Waals surface area contributed by atoms with Gasteiger partial charge < -0.3 is 4.74 Å². The molecule has 0 atom stereocenters. The van der Waals surface area contributed by atoms with Gasteiger partial charge in [-0.15, -0.1) is 0 Å². The molecular formula is C10H10FNO2. The van der Waals surface area contributed by atoms with E-state index in [2.05, 4.69) is 4.98 Å². The van der Waals surface area contributed by atoms with Crippen LogP contribution in [0.25, 0.3) is 0 Å². The molecule has 3 nitrogen and oxygen atoms in total. The summed E-state index contributed by atoms with van der Waals surface area (Å²) in [5.41, 5.74) is -0.0382. The van der Waals surface area contributed by atoms with Crippen molar-refractivity contribution in [2.75, 3.05) is 6.61 Å². The molecule has 0 aromatic carbocycles. The van der Waals surface area contributed by atoms with E-state index < -0.39 is 5.95 Å². The minimum atomic E-state index is -0.770. The van der Waals surface area contributed by atoms with Gasteiger partial charge in [-0.1, -0.05) is 0 Å². The normalized spacial score (nSPS) is 15.2. The van der Waals surface area contributed by atoms with E-state index >= 15 is 0 Å². The summed E-state index contributed by atoms with van der Waals surface area (Å²) in [6, 6.07) is 2.88. The van der Waals surface area contributed by atoms with Crippen molar-refractivity contribution in [3.8, 4) is 5.88 Å². The number of hydrogen-bond donors (Lipinski definition) is 0. The predicted molar refractivity (Wildman–Crippen MR) is 47.8 cm³/mol. The van der Waals surface area contributed by atoms with Gasteiger partial charge in [0.05, 0.1) is 12.2 Å². The Bertz CT molecular complexity index is 350. The Hall–Kier alpha value is -1.45. The number of carbonyl (C=O) groups excluding carboxylic acids is 1. The van der Waals surface area contributed by atoms with Crippen molar-refractivity contribution in [3.63, 3.8) is 0 Å². The molecule has 0 amide bonds. The number of hydrogen-bond acceptors (Lipinski definition) is 3. The zero-order valence-corrected chi connectivity index (χ0v) is 7.57. The summed E-state index contributed by atoms with van der Waals surface area (Å²) in [6.45, 7) is 0.590. The molecule has 2 rings (SSSR count). The lowest BCUT2D eigenvalue weighted by atomic mass is 10.3. The highest BCUT2D eigenvalue weighted by molar-refractivity contribution is 5.74. The molecule has 1 aromatic heterocycles. The van der Waals surface area contributed by atoms with E-state index in [-0.39, 0.29) is 11.4 Å². The fourth-order valence-electron chi connectivity index (χ4n) is 1.08. The van der Waals surface area contributed by atoms with E-state index in [1.165, 1.54) is 25.0 Å². The van der Waals surface area contributed by atoms with Gasteiger partial charge in [-0.05, 0) is 24.8 Å². The molecule has 0 spiro atoms. The first kappa shape index (κ1) is 9.12. The van der Waals surface area contributed by atoms with Crippen LogP contribution in [0.2, 0.25) is 0 Å². The van der Waals surface area contributed by atoms with Gasteiger partial charge in [0.1, 0.15) is 0 Å². The molecule has 1 heterocycles. The lowest BCUT2D eigenvalue weighted by Crippen LogP contribution is -2.02. The summed E-state index contributed by atoms with van der Waals surface area (Å²) >= 11 is 0. The van der Waals surface area contributed by atoms with Crippen LogP contribution in [-0.4, -0.2) is 17.9 Å². The van der Waals surface area contributed by atoms with Crippen molar-refractivity contribution in [2.24, 2.45) is 5.92 Å². The van der Waals surface area contributed by atoms with Crippen LogP contribution in [0, 0.1) is 11.9 Å². The molecule has 0 saturated heterocycles. The first-order valence-corrected chi connectivity index (χ1v) is 4.54. The average Bonchev–Trinajstić information content (AvgIpc) is 2.98. The van der Waals surface area contributed by atoms with E-state index in [9.17, 15) is 9.18 Å². The second kappa shape index (κ2) is 3.74. The van der Waals surface area contributed by atoms with Crippen LogP contribution in [-0.2, 0) is 0 Å². The first-order valence-electron chi connectivity index (χ1n) is 4.54. The maximum atomic E-state index is 13.0. The zero-order valence-electron chi connectivity index (χ0n) is 7.57. The first-order chi connectivity index (χ1) is 6.79. The van der Waals surface area contributed by atoms with Crippen molar-refractivity contribution in [3.05, 3.63) is 23.6 Å². The van der Waals surface area contributed by atoms with Gasteiger partial charge in [0.15, 0.2) is 6.29 Å². The van der Waals surface area contributed by atoms with Crippen LogP contribution in [0.3, 0.4) is 0 Å². The minimum absolute atomic E-state index is 0.0382. The molecule has 0 bridgehead atoms. The highest BCUT2D eigenvalue weighted by Crippen LogP contribution is 2.29. The van der Waals surface area contributed by atoms with Crippen molar-refractivity contribution >= 4 is 6.29 Å². The second-order valence-corrected chi connectivity index (χ2v) is 3.40. The molecule has 1 aliphatic carbocycles. The van der Waals surface area contributed by atoms with Crippen LogP contribution in [0.4, 0.5) is 4.39 Å². The number of halogens is 1. The van der Waals surface area contributed by atoms with Crippen molar-refractivity contribution in [1.29, 1.82) is 0 Å². The van der Waals surface area contributed by atoms with E-state index in [0.29, 0.717) is 18.8 Å². The molecular weight excluding hydrogens is 185 g/mol. The third kappa shape index (κ3) is 2.07. The van der Waals surface area contributed by atoms with Gasteiger partial charge >= 0.3 is 0 Å². The van der Waals surface area contributed by atoms with Crippen molar-refractivity contribution in [2.45, 2.75) is 12.8 Å². The highest BCUT2D eigenvalue weighted by atomic mass is 19.1. The molecule has 4 heteroatoms. The smallest absolute Gasteiger partial charge is 0.226 e. The Morgan fingerprint density at radius 3 is 2.93 bits per heavy atom. The number of nitrogens with zero attached hydrogens (tertiary/aromatic N) is 1. The monoisotopic (exact) mass is 195 g/mol. The van der Waals surface area contributed by atoms with Crippen LogP contribution in [0.5, 0.6) is 5.88 Å². The molecule has 0 aliphatic heterocycles. The zero-order chi connectivity index (χ0) is 9.97. The van der Waals surface area contributed by atoms with Gasteiger partial charge in [-0.25, -0.2) is 0 Å². The average molecular weight is 195 g/mol. The maximum Gasteiger partial charge on any atom is 0.226 e. The number of aldehydes is 1. The number of aromatic nitrogens is 1. The fourth-order valence-corrected chi connectivity index (χ4v) is 1.08. The van der Waals surface area contributed by atoms with Gasteiger partial charge in [0, 0.05) is 6.07 Å². The quantitative estimate of drug-likeness (QED) is 0.543. The number of carbonyl (C=O) groups is 1. The topological polar surface area (TPSA) is 39.2 Å². The maximum absolute atomic E-state index is 13.0. The van der Waals surface area contributed by atoms with Gasteiger partial charge in [0.25, 0.3) is 0 Å². The standard InChI is InChI=1S/C10H10FNO2/c11-10-8(5-13)3-4-9(12-10)14-6-7-1-2-7/h3-5,7H,1-2,6H2.